The molecule has 1 N–H and O–H groups in total. The van der Waals surface area contributed by atoms with E-state index in [1.807, 2.05) is 0 Å². The second-order valence-corrected chi connectivity index (χ2v) is 3.51. The summed E-state index contributed by atoms with van der Waals surface area (Å²) >= 11 is 8.28. The van der Waals surface area contributed by atoms with Gasteiger partial charge in [0, 0.05) is 0 Å². The van der Waals surface area contributed by atoms with Gasteiger partial charge in [-0.3, -0.25) is 0 Å². The molecule has 0 aromatic carbocycles. The van der Waals surface area contributed by atoms with Gasteiger partial charge in [0.1, 0.15) is 0 Å². The van der Waals surface area contributed by atoms with Crippen LogP contribution in [0.4, 0.5) is 0 Å². The molecule has 0 radical (unpaired) electrons. The van der Waals surface area contributed by atoms with E-state index >= 15 is 0 Å². The molecule has 0 heterocycles. The lowest BCUT2D eigenvalue weighted by Gasteiger charge is -2.01. The van der Waals surface area contributed by atoms with Crippen LogP contribution in [0.5, 0.6) is 0 Å². The molecule has 0 aliphatic rings. The Bertz CT molecular complexity index is 61.1. The molecule has 0 fully saturated rings. The number of thiol groups is 2. The maximum Gasteiger partial charge on any atom is -0.00486 e. The Kier molecular flexibility index (Phi) is 11.3. The maximum absolute atomic E-state index is 4.14. The van der Waals surface area contributed by atoms with E-state index < -0.39 is 0 Å². The standard InChI is InChI=1S/C8H19NS2/c10-7-3-1-5-9-6-2-4-8-11/h9-11H,1-8H2. The van der Waals surface area contributed by atoms with Crippen molar-refractivity contribution < 1.29 is 0 Å². The van der Waals surface area contributed by atoms with E-state index in [1.165, 1.54) is 25.7 Å². The van der Waals surface area contributed by atoms with Crippen molar-refractivity contribution in [3.05, 3.63) is 0 Å². The van der Waals surface area contributed by atoms with E-state index in [-0.39, 0.29) is 0 Å². The van der Waals surface area contributed by atoms with Crippen LogP contribution < -0.4 is 5.32 Å². The molecule has 0 spiro atoms. The van der Waals surface area contributed by atoms with Crippen LogP contribution in [0.15, 0.2) is 0 Å². The molecule has 0 amide bonds. The van der Waals surface area contributed by atoms with Gasteiger partial charge in [-0.05, 0) is 50.3 Å². The van der Waals surface area contributed by atoms with Crippen molar-refractivity contribution in [3.63, 3.8) is 0 Å². The predicted molar refractivity (Wildman–Crippen MR) is 59.0 cm³/mol. The van der Waals surface area contributed by atoms with Crippen molar-refractivity contribution in [2.24, 2.45) is 0 Å². The van der Waals surface area contributed by atoms with Gasteiger partial charge < -0.3 is 5.32 Å². The number of hydrogen-bond donors (Lipinski definition) is 3. The molecule has 68 valence electrons. The average Bonchev–Trinajstić information content (AvgIpc) is 2.03. The molecule has 0 aliphatic carbocycles. The summed E-state index contributed by atoms with van der Waals surface area (Å²) in [5.41, 5.74) is 0. The van der Waals surface area contributed by atoms with Gasteiger partial charge in [-0.15, -0.1) is 0 Å². The summed E-state index contributed by atoms with van der Waals surface area (Å²) in [6.07, 6.45) is 4.96. The predicted octanol–water partition coefficient (Wildman–Crippen LogP) is 2.00. The molecule has 0 saturated heterocycles. The first kappa shape index (κ1) is 11.7. The summed E-state index contributed by atoms with van der Waals surface area (Å²) in [4.78, 5) is 0. The summed E-state index contributed by atoms with van der Waals surface area (Å²) in [5.74, 6) is 2.02. The third-order valence-electron chi connectivity index (χ3n) is 1.52. The van der Waals surface area contributed by atoms with Crippen LogP contribution in [-0.4, -0.2) is 24.6 Å². The fourth-order valence-corrected chi connectivity index (χ4v) is 1.30. The smallest absolute Gasteiger partial charge is 0.00486 e. The molecule has 0 aromatic heterocycles. The van der Waals surface area contributed by atoms with E-state index in [0.29, 0.717) is 0 Å². The highest BCUT2D eigenvalue weighted by atomic mass is 32.1. The van der Waals surface area contributed by atoms with Crippen molar-refractivity contribution in [1.82, 2.24) is 5.32 Å². The largest absolute Gasteiger partial charge is 0.317 e. The topological polar surface area (TPSA) is 12.0 Å². The SMILES string of the molecule is SCCCCNCCCCS. The molecule has 0 aromatic rings. The zero-order chi connectivity index (χ0) is 8.36. The Morgan fingerprint density at radius 1 is 0.727 bits per heavy atom. The quantitative estimate of drug-likeness (QED) is 0.396. The van der Waals surface area contributed by atoms with Crippen molar-refractivity contribution >= 4 is 25.3 Å². The summed E-state index contributed by atoms with van der Waals surface area (Å²) in [5, 5.41) is 3.39. The molecule has 0 saturated carbocycles. The highest BCUT2D eigenvalue weighted by Crippen LogP contribution is 1.91. The van der Waals surface area contributed by atoms with Crippen LogP contribution in [0, 0.1) is 0 Å². The van der Waals surface area contributed by atoms with Crippen LogP contribution in [-0.2, 0) is 0 Å². The van der Waals surface area contributed by atoms with Crippen LogP contribution >= 0.6 is 25.3 Å². The Labute approximate surface area is 81.2 Å². The first-order valence-corrected chi connectivity index (χ1v) is 5.60. The molecule has 0 atom stereocenters. The van der Waals surface area contributed by atoms with Gasteiger partial charge in [0.05, 0.1) is 0 Å². The lowest BCUT2D eigenvalue weighted by molar-refractivity contribution is 0.615. The normalized spacial score (nSPS) is 10.4. The number of unbranched alkanes of at least 4 members (excludes halogenated alkanes) is 2. The molecule has 0 bridgehead atoms. The van der Waals surface area contributed by atoms with Gasteiger partial charge in [0.25, 0.3) is 0 Å². The first-order chi connectivity index (χ1) is 5.41. The van der Waals surface area contributed by atoms with Crippen LogP contribution in [0.3, 0.4) is 0 Å². The van der Waals surface area contributed by atoms with Crippen LogP contribution in [0.2, 0.25) is 0 Å². The molecular weight excluding hydrogens is 174 g/mol. The van der Waals surface area contributed by atoms with Crippen LogP contribution in [0.1, 0.15) is 25.7 Å². The van der Waals surface area contributed by atoms with E-state index in [0.717, 1.165) is 24.6 Å². The molecule has 1 nitrogen and oxygen atoms in total. The van der Waals surface area contributed by atoms with Crippen molar-refractivity contribution in [3.8, 4) is 0 Å². The van der Waals surface area contributed by atoms with E-state index in [9.17, 15) is 0 Å². The minimum absolute atomic E-state index is 1.01. The Morgan fingerprint density at radius 2 is 1.18 bits per heavy atom. The minimum atomic E-state index is 1.01. The van der Waals surface area contributed by atoms with Gasteiger partial charge in [-0.2, -0.15) is 25.3 Å². The van der Waals surface area contributed by atoms with Gasteiger partial charge in [0.15, 0.2) is 0 Å². The maximum atomic E-state index is 4.14. The van der Waals surface area contributed by atoms with Gasteiger partial charge in [0.2, 0.25) is 0 Å². The Hall–Kier alpha value is 0.660. The third kappa shape index (κ3) is 10.7. The van der Waals surface area contributed by atoms with Gasteiger partial charge >= 0.3 is 0 Å². The Morgan fingerprint density at radius 3 is 1.55 bits per heavy atom. The second-order valence-electron chi connectivity index (χ2n) is 2.61. The van der Waals surface area contributed by atoms with E-state index in [4.69, 9.17) is 0 Å². The number of nitrogens with one attached hydrogen (secondary N) is 1. The average molecular weight is 193 g/mol. The highest BCUT2D eigenvalue weighted by Gasteiger charge is 1.87. The van der Waals surface area contributed by atoms with Crippen molar-refractivity contribution in [2.75, 3.05) is 24.6 Å². The van der Waals surface area contributed by atoms with E-state index in [2.05, 4.69) is 30.6 Å². The van der Waals surface area contributed by atoms with Crippen molar-refractivity contribution in [2.45, 2.75) is 25.7 Å². The summed E-state index contributed by atoms with van der Waals surface area (Å²) in [6, 6.07) is 0. The summed E-state index contributed by atoms with van der Waals surface area (Å²) < 4.78 is 0. The van der Waals surface area contributed by atoms with Gasteiger partial charge in [-0.25, -0.2) is 0 Å². The molecule has 0 rings (SSSR count). The Balaban J connectivity index is 2.69. The first-order valence-electron chi connectivity index (χ1n) is 4.34. The minimum Gasteiger partial charge on any atom is -0.317 e. The lowest BCUT2D eigenvalue weighted by atomic mass is 10.3. The zero-order valence-corrected chi connectivity index (χ0v) is 8.84. The fourth-order valence-electron chi connectivity index (χ4n) is 0.849. The third-order valence-corrected chi connectivity index (χ3v) is 2.16. The molecular formula is C8H19NS2. The van der Waals surface area contributed by atoms with Crippen LogP contribution in [0.25, 0.3) is 0 Å². The number of rotatable bonds is 8. The zero-order valence-electron chi connectivity index (χ0n) is 7.05. The molecule has 0 aliphatic heterocycles. The summed E-state index contributed by atoms with van der Waals surface area (Å²) in [6.45, 7) is 2.29. The molecule has 11 heavy (non-hydrogen) atoms. The molecule has 0 unspecified atom stereocenters. The monoisotopic (exact) mass is 193 g/mol. The van der Waals surface area contributed by atoms with E-state index in [1.54, 1.807) is 0 Å². The number of hydrogen-bond acceptors (Lipinski definition) is 3. The second kappa shape index (κ2) is 10.7. The highest BCUT2D eigenvalue weighted by molar-refractivity contribution is 7.80. The van der Waals surface area contributed by atoms with Gasteiger partial charge in [-0.1, -0.05) is 0 Å². The lowest BCUT2D eigenvalue weighted by Crippen LogP contribution is -2.16. The summed E-state index contributed by atoms with van der Waals surface area (Å²) in [7, 11) is 0. The molecule has 3 heteroatoms. The van der Waals surface area contributed by atoms with Crippen molar-refractivity contribution in [1.29, 1.82) is 0 Å². The fraction of sp³-hybridized carbons (Fsp3) is 1.00.